The van der Waals surface area contributed by atoms with Crippen LogP contribution in [0.2, 0.25) is 15.1 Å². The summed E-state index contributed by atoms with van der Waals surface area (Å²) >= 11 is 19.6. The molecule has 1 amide bonds. The van der Waals surface area contributed by atoms with E-state index in [0.717, 1.165) is 17.3 Å². The molecule has 4 rings (SSSR count). The monoisotopic (exact) mass is 552 g/mol. The van der Waals surface area contributed by atoms with Gasteiger partial charge in [0.2, 0.25) is 0 Å². The highest BCUT2D eigenvalue weighted by Gasteiger charge is 2.25. The van der Waals surface area contributed by atoms with Gasteiger partial charge in [0, 0.05) is 5.02 Å². The third-order valence-corrected chi connectivity index (χ3v) is 7.49. The summed E-state index contributed by atoms with van der Waals surface area (Å²) < 4.78 is 30.4. The second-order valence-corrected chi connectivity index (χ2v) is 11.0. The summed E-state index contributed by atoms with van der Waals surface area (Å²) in [5.41, 5.74) is 2.03. The van der Waals surface area contributed by atoms with Crippen molar-refractivity contribution in [1.82, 2.24) is 5.32 Å². The third-order valence-electron chi connectivity index (χ3n) is 4.53. The number of nitrogens with zero attached hydrogens (tertiary/aromatic N) is 1. The lowest BCUT2D eigenvalue weighted by Crippen LogP contribution is -2.19. The van der Waals surface area contributed by atoms with Crippen molar-refractivity contribution < 1.29 is 17.4 Å². The van der Waals surface area contributed by atoms with Crippen LogP contribution in [-0.4, -0.2) is 19.5 Å². The number of halogens is 3. The number of aliphatic imine (C=N–C) groups is 1. The normalized spacial score (nSPS) is 16.2. The van der Waals surface area contributed by atoms with Gasteiger partial charge in [0.15, 0.2) is 10.9 Å². The smallest absolute Gasteiger partial charge is 0.339 e. The molecule has 6 nitrogen and oxygen atoms in total. The van der Waals surface area contributed by atoms with Crippen LogP contribution in [0, 0.1) is 6.92 Å². The van der Waals surface area contributed by atoms with Crippen LogP contribution in [0.4, 0.5) is 5.69 Å². The molecule has 0 saturated carbocycles. The van der Waals surface area contributed by atoms with E-state index in [1.807, 2.05) is 6.92 Å². The molecule has 1 aliphatic rings. The van der Waals surface area contributed by atoms with Gasteiger partial charge in [0.05, 0.1) is 20.6 Å². The van der Waals surface area contributed by atoms with Gasteiger partial charge in [-0.2, -0.15) is 8.42 Å². The Labute approximate surface area is 215 Å². The van der Waals surface area contributed by atoms with Gasteiger partial charge in [-0.15, -0.1) is 0 Å². The Morgan fingerprint density at radius 2 is 1.59 bits per heavy atom. The zero-order valence-electron chi connectivity index (χ0n) is 17.4. The maximum Gasteiger partial charge on any atom is 0.339 e. The Morgan fingerprint density at radius 1 is 0.971 bits per heavy atom. The van der Waals surface area contributed by atoms with Crippen molar-refractivity contribution in [3.8, 4) is 5.75 Å². The lowest BCUT2D eigenvalue weighted by molar-refractivity contribution is -0.115. The standard InChI is InChI=1S/C23H15Cl3N2O4S2/c1-13-2-8-17(9-3-13)34(30,31)32-21-18(25)10-14(11-19(21)26)12-20-22(29)28-23(33-20)27-16-6-4-15(24)5-7-16/h2-12H,1H3,(H,27,28,29)/b20-12-. The zero-order chi connectivity index (χ0) is 24.5. The van der Waals surface area contributed by atoms with Crippen molar-refractivity contribution in [2.24, 2.45) is 4.99 Å². The Bertz CT molecular complexity index is 1410. The first-order valence-electron chi connectivity index (χ1n) is 9.66. The molecule has 1 saturated heterocycles. The van der Waals surface area contributed by atoms with E-state index in [0.29, 0.717) is 26.3 Å². The molecule has 174 valence electrons. The number of thioether (sulfide) groups is 1. The molecule has 0 radical (unpaired) electrons. The molecule has 0 aromatic heterocycles. The van der Waals surface area contributed by atoms with Gasteiger partial charge in [0.1, 0.15) is 4.90 Å². The maximum atomic E-state index is 12.6. The Hall–Kier alpha value is -2.49. The first-order chi connectivity index (χ1) is 16.1. The summed E-state index contributed by atoms with van der Waals surface area (Å²) in [5, 5.41) is 3.63. The predicted octanol–water partition coefficient (Wildman–Crippen LogP) is 6.61. The molecule has 0 aliphatic carbocycles. The number of benzene rings is 3. The Balaban J connectivity index is 1.56. The van der Waals surface area contributed by atoms with Crippen molar-refractivity contribution in [1.29, 1.82) is 0 Å². The van der Waals surface area contributed by atoms with Crippen LogP contribution in [0.3, 0.4) is 0 Å². The Morgan fingerprint density at radius 3 is 2.21 bits per heavy atom. The molecule has 0 spiro atoms. The molecule has 1 fully saturated rings. The van der Waals surface area contributed by atoms with Crippen molar-refractivity contribution in [2.75, 3.05) is 0 Å². The highest BCUT2D eigenvalue weighted by atomic mass is 35.5. The lowest BCUT2D eigenvalue weighted by Gasteiger charge is -2.11. The molecule has 1 aliphatic heterocycles. The molecule has 0 atom stereocenters. The molecule has 3 aromatic rings. The van der Waals surface area contributed by atoms with Gasteiger partial charge >= 0.3 is 10.1 Å². The first-order valence-corrected chi connectivity index (χ1v) is 13.0. The minimum Gasteiger partial charge on any atom is -0.376 e. The van der Waals surface area contributed by atoms with E-state index in [-0.39, 0.29) is 26.6 Å². The fourth-order valence-corrected chi connectivity index (χ4v) is 5.47. The molecule has 11 heteroatoms. The highest BCUT2D eigenvalue weighted by Crippen LogP contribution is 2.38. The third kappa shape index (κ3) is 5.76. The number of hydrogen-bond acceptors (Lipinski definition) is 6. The number of amidine groups is 1. The summed E-state index contributed by atoms with van der Waals surface area (Å²) in [6, 6.07) is 16.0. The lowest BCUT2D eigenvalue weighted by atomic mass is 10.2. The number of carbonyl (C=O) groups excluding carboxylic acids is 1. The minimum absolute atomic E-state index is 0.0199. The van der Waals surface area contributed by atoms with Gasteiger partial charge in [-0.25, -0.2) is 4.99 Å². The van der Waals surface area contributed by atoms with Crippen LogP contribution in [-0.2, 0) is 14.9 Å². The van der Waals surface area contributed by atoms with Crippen molar-refractivity contribution in [2.45, 2.75) is 11.8 Å². The molecule has 0 unspecified atom stereocenters. The quantitative estimate of drug-likeness (QED) is 0.284. The van der Waals surface area contributed by atoms with E-state index in [2.05, 4.69) is 10.3 Å². The number of hydrogen-bond donors (Lipinski definition) is 1. The van der Waals surface area contributed by atoms with Crippen molar-refractivity contribution in [3.63, 3.8) is 0 Å². The van der Waals surface area contributed by atoms with E-state index >= 15 is 0 Å². The predicted molar refractivity (Wildman–Crippen MR) is 138 cm³/mol. The summed E-state index contributed by atoms with van der Waals surface area (Å²) in [4.78, 5) is 17.1. The van der Waals surface area contributed by atoms with Crippen LogP contribution in [0.1, 0.15) is 11.1 Å². The van der Waals surface area contributed by atoms with Crippen molar-refractivity contribution >= 4 is 79.5 Å². The first kappa shape index (κ1) is 24.6. The SMILES string of the molecule is Cc1ccc(S(=O)(=O)Oc2c(Cl)cc(/C=C3\SC(=Nc4ccc(Cl)cc4)NC3=O)cc2Cl)cc1. The second kappa shape index (κ2) is 10.0. The molecular formula is C23H15Cl3N2O4S2. The van der Waals surface area contributed by atoms with Crippen LogP contribution < -0.4 is 9.50 Å². The maximum absolute atomic E-state index is 12.6. The molecule has 1 N–H and O–H groups in total. The van der Waals surface area contributed by atoms with E-state index in [4.69, 9.17) is 39.0 Å². The topological polar surface area (TPSA) is 84.8 Å². The van der Waals surface area contributed by atoms with E-state index in [9.17, 15) is 13.2 Å². The van der Waals surface area contributed by atoms with Crippen LogP contribution in [0.15, 0.2) is 75.5 Å². The fourth-order valence-electron chi connectivity index (χ4n) is 2.87. The number of amides is 1. The number of carbonyl (C=O) groups is 1. The molecular weight excluding hydrogens is 539 g/mol. The minimum atomic E-state index is -4.14. The van der Waals surface area contributed by atoms with Gasteiger partial charge < -0.3 is 9.50 Å². The largest absolute Gasteiger partial charge is 0.376 e. The number of nitrogens with one attached hydrogen (secondary N) is 1. The Kier molecular flexibility index (Phi) is 7.25. The zero-order valence-corrected chi connectivity index (χ0v) is 21.3. The number of rotatable bonds is 5. The number of aryl methyl sites for hydroxylation is 1. The summed E-state index contributed by atoms with van der Waals surface area (Å²) in [6.45, 7) is 1.84. The van der Waals surface area contributed by atoms with Gasteiger partial charge in [0.25, 0.3) is 5.91 Å². The van der Waals surface area contributed by atoms with Crippen LogP contribution in [0.25, 0.3) is 6.08 Å². The molecule has 0 bridgehead atoms. The van der Waals surface area contributed by atoms with Crippen LogP contribution >= 0.6 is 46.6 Å². The average molecular weight is 554 g/mol. The molecule has 34 heavy (non-hydrogen) atoms. The van der Waals surface area contributed by atoms with E-state index < -0.39 is 10.1 Å². The molecule has 3 aromatic carbocycles. The second-order valence-electron chi connectivity index (χ2n) is 7.12. The summed E-state index contributed by atoms with van der Waals surface area (Å²) in [5.74, 6) is -0.535. The fraction of sp³-hybridized carbons (Fsp3) is 0.0435. The van der Waals surface area contributed by atoms with Gasteiger partial charge in [-0.05, 0) is 78.9 Å². The highest BCUT2D eigenvalue weighted by molar-refractivity contribution is 8.18. The van der Waals surface area contributed by atoms with E-state index in [1.54, 1.807) is 42.5 Å². The van der Waals surface area contributed by atoms with Gasteiger partial charge in [-0.1, -0.05) is 52.5 Å². The summed E-state index contributed by atoms with van der Waals surface area (Å²) in [7, 11) is -4.14. The van der Waals surface area contributed by atoms with E-state index in [1.165, 1.54) is 24.3 Å². The van der Waals surface area contributed by atoms with Crippen LogP contribution in [0.5, 0.6) is 5.75 Å². The molecule has 1 heterocycles. The average Bonchev–Trinajstić information content (AvgIpc) is 3.11. The summed E-state index contributed by atoms with van der Waals surface area (Å²) in [6.07, 6.45) is 1.57. The van der Waals surface area contributed by atoms with Crippen molar-refractivity contribution in [3.05, 3.63) is 91.8 Å². The van der Waals surface area contributed by atoms with Gasteiger partial charge in [-0.3, -0.25) is 4.79 Å².